The van der Waals surface area contributed by atoms with Gasteiger partial charge in [0.1, 0.15) is 0 Å². The number of nitrogens with zero attached hydrogens (tertiary/aromatic N) is 1. The van der Waals surface area contributed by atoms with E-state index >= 15 is 0 Å². The fraction of sp³-hybridized carbons (Fsp3) is 0.929. The lowest BCUT2D eigenvalue weighted by Gasteiger charge is -2.34. The molecule has 0 heterocycles. The van der Waals surface area contributed by atoms with E-state index in [2.05, 4.69) is 6.92 Å². The summed E-state index contributed by atoms with van der Waals surface area (Å²) in [6.07, 6.45) is 7.57. The molecule has 0 aromatic heterocycles. The maximum absolute atomic E-state index is 12.2. The summed E-state index contributed by atoms with van der Waals surface area (Å²) < 4.78 is 5.39. The average molecular weight is 256 g/mol. The van der Waals surface area contributed by atoms with Gasteiger partial charge >= 0.3 is 0 Å². The lowest BCUT2D eigenvalue weighted by Crippen LogP contribution is -2.44. The molecule has 1 fully saturated rings. The van der Waals surface area contributed by atoms with E-state index in [1.54, 1.807) is 0 Å². The number of rotatable bonds is 8. The molecule has 1 rings (SSSR count). The molecule has 0 bridgehead atoms. The van der Waals surface area contributed by atoms with Crippen LogP contribution in [0.2, 0.25) is 0 Å². The molecule has 1 aliphatic carbocycles. The minimum atomic E-state index is 0.212. The van der Waals surface area contributed by atoms with Crippen molar-refractivity contribution in [3.8, 4) is 0 Å². The number of hydrogen-bond acceptors (Lipinski definition) is 3. The average Bonchev–Trinajstić information content (AvgIpc) is 2.41. The summed E-state index contributed by atoms with van der Waals surface area (Å²) in [5.74, 6) is 0.212. The zero-order chi connectivity index (χ0) is 13.2. The van der Waals surface area contributed by atoms with Gasteiger partial charge in [-0.2, -0.15) is 0 Å². The van der Waals surface area contributed by atoms with Crippen molar-refractivity contribution in [2.75, 3.05) is 26.3 Å². The summed E-state index contributed by atoms with van der Waals surface area (Å²) in [6, 6.07) is 0.418. The van der Waals surface area contributed by atoms with Gasteiger partial charge in [-0.1, -0.05) is 26.2 Å². The fourth-order valence-electron chi connectivity index (χ4n) is 2.59. The highest BCUT2D eigenvalue weighted by Crippen LogP contribution is 2.22. The second-order valence-corrected chi connectivity index (χ2v) is 5.03. The third-order valence-corrected chi connectivity index (χ3v) is 3.51. The molecule has 4 nitrogen and oxygen atoms in total. The normalized spacial score (nSPS) is 16.8. The zero-order valence-electron chi connectivity index (χ0n) is 11.7. The standard InChI is InChI=1S/C14H28N2O2/c1-2-11-18-12-8-14(17)16(10-9-15)13-6-4-3-5-7-13/h13H,2-12,15H2,1H3. The highest BCUT2D eigenvalue weighted by molar-refractivity contribution is 5.76. The van der Waals surface area contributed by atoms with Crippen LogP contribution < -0.4 is 5.73 Å². The van der Waals surface area contributed by atoms with Crippen LogP contribution in [0.5, 0.6) is 0 Å². The second kappa shape index (κ2) is 9.34. The van der Waals surface area contributed by atoms with E-state index in [9.17, 15) is 4.79 Å². The third kappa shape index (κ3) is 5.36. The Labute approximate surface area is 111 Å². The van der Waals surface area contributed by atoms with Crippen LogP contribution in [0, 0.1) is 0 Å². The van der Waals surface area contributed by atoms with Crippen molar-refractivity contribution in [1.29, 1.82) is 0 Å². The molecule has 0 unspecified atom stereocenters. The van der Waals surface area contributed by atoms with Crippen molar-refractivity contribution in [2.45, 2.75) is 57.9 Å². The molecule has 0 spiro atoms. The van der Waals surface area contributed by atoms with Gasteiger partial charge < -0.3 is 15.4 Å². The molecule has 1 saturated carbocycles. The second-order valence-electron chi connectivity index (χ2n) is 5.03. The molecule has 0 aliphatic heterocycles. The minimum Gasteiger partial charge on any atom is -0.381 e. The lowest BCUT2D eigenvalue weighted by molar-refractivity contribution is -0.135. The fourth-order valence-corrected chi connectivity index (χ4v) is 2.59. The molecule has 0 aromatic rings. The quantitative estimate of drug-likeness (QED) is 0.675. The van der Waals surface area contributed by atoms with Gasteiger partial charge in [0.15, 0.2) is 0 Å². The lowest BCUT2D eigenvalue weighted by atomic mass is 9.94. The Kier molecular flexibility index (Phi) is 8.01. The topological polar surface area (TPSA) is 55.6 Å². The molecule has 0 radical (unpaired) electrons. The van der Waals surface area contributed by atoms with Gasteiger partial charge in [0.25, 0.3) is 0 Å². The summed E-state index contributed by atoms with van der Waals surface area (Å²) in [6.45, 7) is 4.61. The van der Waals surface area contributed by atoms with Crippen molar-refractivity contribution in [3.05, 3.63) is 0 Å². The van der Waals surface area contributed by atoms with Gasteiger partial charge in [0, 0.05) is 25.7 Å². The van der Waals surface area contributed by atoms with Gasteiger partial charge in [-0.25, -0.2) is 0 Å². The van der Waals surface area contributed by atoms with Gasteiger partial charge in [0.2, 0.25) is 5.91 Å². The highest BCUT2D eigenvalue weighted by Gasteiger charge is 2.24. The zero-order valence-corrected chi connectivity index (χ0v) is 11.7. The largest absolute Gasteiger partial charge is 0.381 e. The SMILES string of the molecule is CCCOCCC(=O)N(CCN)C1CCCCC1. The molecule has 0 aromatic carbocycles. The number of carbonyl (C=O) groups excluding carboxylic acids is 1. The Balaban J connectivity index is 2.36. The van der Waals surface area contributed by atoms with Gasteiger partial charge in [0.05, 0.1) is 13.0 Å². The minimum absolute atomic E-state index is 0.212. The first-order chi connectivity index (χ1) is 8.79. The maximum atomic E-state index is 12.2. The van der Waals surface area contributed by atoms with Crippen LogP contribution in [0.3, 0.4) is 0 Å². The van der Waals surface area contributed by atoms with Gasteiger partial charge in [-0.3, -0.25) is 4.79 Å². The van der Waals surface area contributed by atoms with Crippen molar-refractivity contribution in [2.24, 2.45) is 5.73 Å². The van der Waals surface area contributed by atoms with Crippen LogP contribution in [-0.2, 0) is 9.53 Å². The third-order valence-electron chi connectivity index (χ3n) is 3.51. The first-order valence-electron chi connectivity index (χ1n) is 7.36. The molecule has 1 amide bonds. The predicted molar refractivity (Wildman–Crippen MR) is 73.4 cm³/mol. The number of nitrogens with two attached hydrogens (primary N) is 1. The van der Waals surface area contributed by atoms with Crippen molar-refractivity contribution < 1.29 is 9.53 Å². The molecule has 0 atom stereocenters. The number of ether oxygens (including phenoxy) is 1. The van der Waals surface area contributed by atoms with E-state index in [1.807, 2.05) is 4.90 Å². The monoisotopic (exact) mass is 256 g/mol. The Morgan fingerprint density at radius 1 is 1.28 bits per heavy atom. The molecular formula is C14H28N2O2. The number of amides is 1. The summed E-state index contributed by atoms with van der Waals surface area (Å²) in [4.78, 5) is 14.2. The molecular weight excluding hydrogens is 228 g/mol. The van der Waals surface area contributed by atoms with Crippen molar-refractivity contribution in [1.82, 2.24) is 4.90 Å². The Morgan fingerprint density at radius 3 is 2.61 bits per heavy atom. The highest BCUT2D eigenvalue weighted by atomic mass is 16.5. The van der Waals surface area contributed by atoms with Crippen LogP contribution in [0.15, 0.2) is 0 Å². The molecule has 2 N–H and O–H groups in total. The van der Waals surface area contributed by atoms with Gasteiger partial charge in [-0.15, -0.1) is 0 Å². The van der Waals surface area contributed by atoms with E-state index in [4.69, 9.17) is 10.5 Å². The first-order valence-corrected chi connectivity index (χ1v) is 7.36. The van der Waals surface area contributed by atoms with Crippen molar-refractivity contribution >= 4 is 5.91 Å². The van der Waals surface area contributed by atoms with E-state index in [1.165, 1.54) is 19.3 Å². The van der Waals surface area contributed by atoms with Crippen LogP contribution in [0.25, 0.3) is 0 Å². The Morgan fingerprint density at radius 2 is 2.00 bits per heavy atom. The Bertz CT molecular complexity index is 228. The van der Waals surface area contributed by atoms with E-state index in [0.29, 0.717) is 32.2 Å². The van der Waals surface area contributed by atoms with E-state index in [-0.39, 0.29) is 5.91 Å². The Hall–Kier alpha value is -0.610. The maximum Gasteiger partial charge on any atom is 0.225 e. The first kappa shape index (κ1) is 15.4. The van der Waals surface area contributed by atoms with Crippen LogP contribution >= 0.6 is 0 Å². The number of hydrogen-bond donors (Lipinski definition) is 1. The molecule has 18 heavy (non-hydrogen) atoms. The summed E-state index contributed by atoms with van der Waals surface area (Å²) in [5, 5.41) is 0. The molecule has 4 heteroatoms. The molecule has 0 saturated heterocycles. The van der Waals surface area contributed by atoms with Gasteiger partial charge in [-0.05, 0) is 19.3 Å². The van der Waals surface area contributed by atoms with Crippen LogP contribution in [0.4, 0.5) is 0 Å². The molecule has 1 aliphatic rings. The summed E-state index contributed by atoms with van der Waals surface area (Å²) in [7, 11) is 0. The predicted octanol–water partition coefficient (Wildman–Crippen LogP) is 1.92. The summed E-state index contributed by atoms with van der Waals surface area (Å²) >= 11 is 0. The summed E-state index contributed by atoms with van der Waals surface area (Å²) in [5.41, 5.74) is 5.63. The molecule has 106 valence electrons. The van der Waals surface area contributed by atoms with Crippen LogP contribution in [-0.4, -0.2) is 43.2 Å². The van der Waals surface area contributed by atoms with E-state index < -0.39 is 0 Å². The van der Waals surface area contributed by atoms with E-state index in [0.717, 1.165) is 25.9 Å². The van der Waals surface area contributed by atoms with Crippen LogP contribution in [0.1, 0.15) is 51.9 Å². The number of carbonyl (C=O) groups is 1. The van der Waals surface area contributed by atoms with Crippen molar-refractivity contribution in [3.63, 3.8) is 0 Å². The smallest absolute Gasteiger partial charge is 0.225 e.